The topological polar surface area (TPSA) is 32.6 Å². The fraction of sp³-hybridized carbons (Fsp3) is 0.500. The van der Waals surface area contributed by atoms with Gasteiger partial charge in [0.25, 0.3) is 0 Å². The van der Waals surface area contributed by atoms with Gasteiger partial charge >= 0.3 is 0 Å². The van der Waals surface area contributed by atoms with Crippen molar-refractivity contribution in [2.45, 2.75) is 13.3 Å². The molecule has 2 heteroatoms. The lowest BCUT2D eigenvalue weighted by atomic mass is 10.2. The summed E-state index contributed by atoms with van der Waals surface area (Å²) in [5, 5.41) is 8.52. The molecule has 0 amide bonds. The average Bonchev–Trinajstić information content (AvgIpc) is 2.14. The fourth-order valence-electron chi connectivity index (χ4n) is 0.711. The van der Waals surface area contributed by atoms with Crippen LogP contribution in [0.3, 0.4) is 0 Å². The number of allylic oxidation sites excluding steroid dienone is 1. The Morgan fingerprint density at radius 3 is 2.88 bits per heavy atom. The Bertz CT molecular complexity index is 147. The number of hydrogen-bond donors (Lipinski definition) is 1. The van der Waals surface area contributed by atoms with Crippen LogP contribution >= 0.6 is 0 Å². The Kier molecular flexibility index (Phi) is 1.44. The first-order valence-electron chi connectivity index (χ1n) is 2.65. The van der Waals surface area contributed by atoms with E-state index in [-0.39, 0.29) is 6.61 Å². The van der Waals surface area contributed by atoms with Crippen molar-refractivity contribution in [3.8, 4) is 0 Å². The molecule has 0 bridgehead atoms. The number of hydrogen-bond acceptors (Lipinski definition) is 2. The minimum Gasteiger partial charge on any atom is -0.390 e. The zero-order valence-electron chi connectivity index (χ0n) is 4.89. The second-order valence-electron chi connectivity index (χ2n) is 2.01. The maximum atomic E-state index is 8.52. The molecule has 0 aromatic rings. The number of aliphatic hydroxyl groups is 1. The van der Waals surface area contributed by atoms with E-state index in [0.717, 1.165) is 12.1 Å². The molecule has 0 unspecified atom stereocenters. The third-order valence-corrected chi connectivity index (χ3v) is 1.13. The van der Waals surface area contributed by atoms with Gasteiger partial charge < -0.3 is 5.11 Å². The maximum absolute atomic E-state index is 8.52. The van der Waals surface area contributed by atoms with E-state index >= 15 is 0 Å². The Labute approximate surface area is 48.6 Å². The Morgan fingerprint density at radius 2 is 2.62 bits per heavy atom. The highest BCUT2D eigenvalue weighted by atomic mass is 16.3. The van der Waals surface area contributed by atoms with E-state index in [2.05, 4.69) is 4.99 Å². The number of aliphatic imine (C=N–C) groups is 1. The van der Waals surface area contributed by atoms with Crippen LogP contribution in [0.15, 0.2) is 16.8 Å². The predicted molar refractivity (Wildman–Crippen MR) is 32.9 cm³/mol. The molecule has 0 aromatic heterocycles. The SMILES string of the molecule is CC1=CN=C(CO)C1. The molecule has 0 aromatic carbocycles. The first kappa shape index (κ1) is 5.51. The molecule has 0 saturated heterocycles. The van der Waals surface area contributed by atoms with E-state index in [1.807, 2.05) is 6.92 Å². The molecule has 1 aliphatic rings. The van der Waals surface area contributed by atoms with Crippen molar-refractivity contribution in [2.75, 3.05) is 6.61 Å². The normalized spacial score (nSPS) is 18.2. The summed E-state index contributed by atoms with van der Waals surface area (Å²) in [4.78, 5) is 3.94. The van der Waals surface area contributed by atoms with Gasteiger partial charge in [-0.1, -0.05) is 0 Å². The minimum absolute atomic E-state index is 0.105. The zero-order chi connectivity index (χ0) is 5.98. The van der Waals surface area contributed by atoms with Crippen LogP contribution in [0, 0.1) is 0 Å². The first-order chi connectivity index (χ1) is 3.83. The van der Waals surface area contributed by atoms with E-state index in [9.17, 15) is 0 Å². The molecule has 1 rings (SSSR count). The van der Waals surface area contributed by atoms with Crippen molar-refractivity contribution in [3.05, 3.63) is 11.8 Å². The quantitative estimate of drug-likeness (QED) is 0.531. The highest BCUT2D eigenvalue weighted by Gasteiger charge is 2.02. The molecular weight excluding hydrogens is 102 g/mol. The molecule has 0 radical (unpaired) electrons. The van der Waals surface area contributed by atoms with Crippen molar-refractivity contribution in [3.63, 3.8) is 0 Å². The Balaban J connectivity index is 2.49. The minimum atomic E-state index is 0.105. The van der Waals surface area contributed by atoms with Gasteiger partial charge in [0.1, 0.15) is 0 Å². The molecule has 0 aliphatic carbocycles. The summed E-state index contributed by atoms with van der Waals surface area (Å²) < 4.78 is 0. The highest BCUT2D eigenvalue weighted by Crippen LogP contribution is 2.08. The van der Waals surface area contributed by atoms with Crippen LogP contribution in [0.5, 0.6) is 0 Å². The van der Waals surface area contributed by atoms with Gasteiger partial charge in [-0.2, -0.15) is 0 Å². The van der Waals surface area contributed by atoms with Crippen LogP contribution < -0.4 is 0 Å². The second-order valence-corrected chi connectivity index (χ2v) is 2.01. The first-order valence-corrected chi connectivity index (χ1v) is 2.65. The van der Waals surface area contributed by atoms with Crippen LogP contribution in [0.25, 0.3) is 0 Å². The van der Waals surface area contributed by atoms with E-state index in [0.29, 0.717) is 0 Å². The Hall–Kier alpha value is -0.630. The monoisotopic (exact) mass is 111 g/mol. The summed E-state index contributed by atoms with van der Waals surface area (Å²) in [6.45, 7) is 2.11. The summed E-state index contributed by atoms with van der Waals surface area (Å²) in [5.74, 6) is 0. The summed E-state index contributed by atoms with van der Waals surface area (Å²) in [7, 11) is 0. The lowest BCUT2D eigenvalue weighted by Crippen LogP contribution is -1.99. The van der Waals surface area contributed by atoms with Gasteiger partial charge in [0.2, 0.25) is 0 Å². The van der Waals surface area contributed by atoms with Crippen molar-refractivity contribution in [2.24, 2.45) is 4.99 Å². The van der Waals surface area contributed by atoms with Gasteiger partial charge in [0.15, 0.2) is 0 Å². The molecule has 0 fully saturated rings. The molecule has 8 heavy (non-hydrogen) atoms. The largest absolute Gasteiger partial charge is 0.390 e. The molecule has 2 nitrogen and oxygen atoms in total. The van der Waals surface area contributed by atoms with Gasteiger partial charge in [0, 0.05) is 18.3 Å². The van der Waals surface area contributed by atoms with Crippen molar-refractivity contribution in [1.29, 1.82) is 0 Å². The molecule has 0 spiro atoms. The molecule has 44 valence electrons. The zero-order valence-corrected chi connectivity index (χ0v) is 4.89. The van der Waals surface area contributed by atoms with Crippen molar-refractivity contribution in [1.82, 2.24) is 0 Å². The molecule has 0 saturated carbocycles. The third kappa shape index (κ3) is 0.954. The van der Waals surface area contributed by atoms with Gasteiger partial charge in [-0.3, -0.25) is 4.99 Å². The average molecular weight is 111 g/mol. The standard InChI is InChI=1S/C6H9NO/c1-5-2-6(4-8)7-3-5/h3,8H,2,4H2,1H3. The molecule has 1 N–H and O–H groups in total. The van der Waals surface area contributed by atoms with Crippen molar-refractivity contribution >= 4 is 5.71 Å². The fourth-order valence-corrected chi connectivity index (χ4v) is 0.711. The third-order valence-electron chi connectivity index (χ3n) is 1.13. The van der Waals surface area contributed by atoms with Gasteiger partial charge in [0.05, 0.1) is 6.61 Å². The molecule has 0 atom stereocenters. The van der Waals surface area contributed by atoms with Crippen molar-refractivity contribution < 1.29 is 5.11 Å². The molecule has 1 heterocycles. The number of nitrogens with zero attached hydrogens (tertiary/aromatic N) is 1. The van der Waals surface area contributed by atoms with Crippen LogP contribution in [-0.2, 0) is 0 Å². The smallest absolute Gasteiger partial charge is 0.0816 e. The second kappa shape index (κ2) is 2.09. The van der Waals surface area contributed by atoms with E-state index in [1.165, 1.54) is 5.57 Å². The summed E-state index contributed by atoms with van der Waals surface area (Å²) >= 11 is 0. The van der Waals surface area contributed by atoms with E-state index in [4.69, 9.17) is 5.11 Å². The van der Waals surface area contributed by atoms with Gasteiger partial charge in [-0.15, -0.1) is 0 Å². The van der Waals surface area contributed by atoms with E-state index in [1.54, 1.807) is 6.20 Å². The number of aliphatic hydroxyl groups excluding tert-OH is 1. The molecule has 1 aliphatic heterocycles. The lowest BCUT2D eigenvalue weighted by molar-refractivity contribution is 0.356. The maximum Gasteiger partial charge on any atom is 0.0816 e. The highest BCUT2D eigenvalue weighted by molar-refractivity contribution is 5.89. The lowest BCUT2D eigenvalue weighted by Gasteiger charge is -1.90. The Morgan fingerprint density at radius 1 is 1.88 bits per heavy atom. The van der Waals surface area contributed by atoms with E-state index < -0.39 is 0 Å². The van der Waals surface area contributed by atoms with Gasteiger partial charge in [-0.25, -0.2) is 0 Å². The predicted octanol–water partition coefficient (Wildman–Crippen LogP) is 0.727. The van der Waals surface area contributed by atoms with Crippen LogP contribution in [0.4, 0.5) is 0 Å². The summed E-state index contributed by atoms with van der Waals surface area (Å²) in [5.41, 5.74) is 2.11. The summed E-state index contributed by atoms with van der Waals surface area (Å²) in [6.07, 6.45) is 2.65. The van der Waals surface area contributed by atoms with Gasteiger partial charge in [-0.05, 0) is 12.5 Å². The van der Waals surface area contributed by atoms with Crippen LogP contribution in [0.1, 0.15) is 13.3 Å². The van der Waals surface area contributed by atoms with Crippen LogP contribution in [-0.4, -0.2) is 17.4 Å². The van der Waals surface area contributed by atoms with Crippen LogP contribution in [0.2, 0.25) is 0 Å². The summed E-state index contributed by atoms with van der Waals surface area (Å²) in [6, 6.07) is 0. The number of rotatable bonds is 1. The molecular formula is C6H9NO.